The molecule has 1 saturated carbocycles. The maximum absolute atomic E-state index is 13.1. The molecule has 2 aromatic carbocycles. The number of hydrogen-bond acceptors (Lipinski definition) is 4. The van der Waals surface area contributed by atoms with Crippen molar-refractivity contribution in [2.24, 2.45) is 0 Å². The highest BCUT2D eigenvalue weighted by Crippen LogP contribution is 2.33. The Morgan fingerprint density at radius 2 is 1.53 bits per heavy atom. The van der Waals surface area contributed by atoms with Crippen LogP contribution in [0.5, 0.6) is 0 Å². The number of carbonyl (C=O) groups is 1. The Balaban J connectivity index is 1.52. The van der Waals surface area contributed by atoms with Crippen LogP contribution in [0.25, 0.3) is 0 Å². The van der Waals surface area contributed by atoms with Crippen LogP contribution in [0.15, 0.2) is 53.4 Å². The summed E-state index contributed by atoms with van der Waals surface area (Å²) in [7, 11) is -3.82. The van der Waals surface area contributed by atoms with E-state index in [-0.39, 0.29) is 40.0 Å². The van der Waals surface area contributed by atoms with E-state index in [0.717, 1.165) is 18.4 Å². The van der Waals surface area contributed by atoms with E-state index in [1.54, 1.807) is 6.07 Å². The topological polar surface area (TPSA) is 69.7 Å². The van der Waals surface area contributed by atoms with Crippen molar-refractivity contribution in [3.8, 4) is 0 Å². The molecule has 2 fully saturated rings. The van der Waals surface area contributed by atoms with E-state index < -0.39 is 16.1 Å². The van der Waals surface area contributed by atoms with E-state index in [2.05, 4.69) is 5.32 Å². The largest absolute Gasteiger partial charge is 0.352 e. The van der Waals surface area contributed by atoms with Crippen LogP contribution in [0.4, 0.5) is 0 Å². The number of sulfonamides is 1. The van der Waals surface area contributed by atoms with Crippen molar-refractivity contribution in [1.29, 1.82) is 0 Å². The molecule has 4 rings (SSSR count). The minimum absolute atomic E-state index is 0.0332. The molecule has 0 radical (unpaired) electrons. The molecule has 1 aliphatic carbocycles. The van der Waals surface area contributed by atoms with Crippen LogP contribution < -0.4 is 5.32 Å². The number of halogens is 2. The zero-order chi connectivity index (χ0) is 21.3. The van der Waals surface area contributed by atoms with Gasteiger partial charge in [-0.1, -0.05) is 59.6 Å². The number of benzene rings is 2. The van der Waals surface area contributed by atoms with Crippen LogP contribution in [-0.4, -0.2) is 55.8 Å². The molecule has 1 amide bonds. The summed E-state index contributed by atoms with van der Waals surface area (Å²) in [6, 6.07) is 14.1. The van der Waals surface area contributed by atoms with E-state index >= 15 is 0 Å². The third kappa shape index (κ3) is 4.50. The molecule has 0 spiro atoms. The molecular weight excluding hydrogens is 445 g/mol. The van der Waals surface area contributed by atoms with Gasteiger partial charge >= 0.3 is 0 Å². The third-order valence-electron chi connectivity index (χ3n) is 5.44. The van der Waals surface area contributed by atoms with Crippen molar-refractivity contribution in [2.45, 2.75) is 29.8 Å². The summed E-state index contributed by atoms with van der Waals surface area (Å²) < 4.78 is 27.6. The smallest absolute Gasteiger partial charge is 0.246 e. The molecule has 0 aromatic heterocycles. The van der Waals surface area contributed by atoms with Crippen LogP contribution in [0.2, 0.25) is 10.0 Å². The van der Waals surface area contributed by atoms with Gasteiger partial charge in [0.15, 0.2) is 0 Å². The molecule has 30 heavy (non-hydrogen) atoms. The molecule has 1 atom stereocenters. The lowest BCUT2D eigenvalue weighted by Crippen LogP contribution is -2.52. The average molecular weight is 468 g/mol. The number of nitrogens with zero attached hydrogens (tertiary/aromatic N) is 2. The van der Waals surface area contributed by atoms with Gasteiger partial charge in [-0.15, -0.1) is 0 Å². The van der Waals surface area contributed by atoms with Crippen molar-refractivity contribution >= 4 is 39.1 Å². The van der Waals surface area contributed by atoms with E-state index in [1.807, 2.05) is 35.2 Å². The van der Waals surface area contributed by atoms with Gasteiger partial charge in [0, 0.05) is 32.2 Å². The van der Waals surface area contributed by atoms with Crippen molar-refractivity contribution in [2.75, 3.05) is 26.2 Å². The summed E-state index contributed by atoms with van der Waals surface area (Å²) in [5.41, 5.74) is 0.904. The van der Waals surface area contributed by atoms with Gasteiger partial charge in [0.2, 0.25) is 15.9 Å². The van der Waals surface area contributed by atoms with E-state index in [1.165, 1.54) is 16.4 Å². The second kappa shape index (κ2) is 8.85. The van der Waals surface area contributed by atoms with Gasteiger partial charge in [-0.2, -0.15) is 4.31 Å². The Bertz CT molecular complexity index is 1000. The normalized spacial score (nSPS) is 19.4. The summed E-state index contributed by atoms with van der Waals surface area (Å²) in [6.45, 7) is 1.37. The fraction of sp³-hybridized carbons (Fsp3) is 0.381. The highest BCUT2D eigenvalue weighted by atomic mass is 35.5. The maximum atomic E-state index is 13.1. The SMILES string of the molecule is O=C(NC1CC1)[C@H](c1ccccc1)N1CCN(S(=O)(=O)c2c(Cl)cccc2Cl)CC1. The van der Waals surface area contributed by atoms with Gasteiger partial charge in [-0.25, -0.2) is 8.42 Å². The Morgan fingerprint density at radius 3 is 2.10 bits per heavy atom. The van der Waals surface area contributed by atoms with Crippen molar-refractivity contribution in [3.05, 3.63) is 64.1 Å². The van der Waals surface area contributed by atoms with Crippen LogP contribution in [0.3, 0.4) is 0 Å². The Kier molecular flexibility index (Phi) is 6.36. The fourth-order valence-corrected chi connectivity index (χ4v) is 6.24. The van der Waals surface area contributed by atoms with Crippen LogP contribution in [0.1, 0.15) is 24.4 Å². The molecule has 1 aliphatic heterocycles. The standard InChI is InChI=1S/C21H23Cl2N3O3S/c22-17-7-4-8-18(23)20(17)30(28,29)26-13-11-25(12-14-26)19(15-5-2-1-3-6-15)21(27)24-16-9-10-16/h1-8,16,19H,9-14H2,(H,24,27)/t19-/m0/s1. The Hall–Kier alpha value is -1.64. The van der Waals surface area contributed by atoms with E-state index in [9.17, 15) is 13.2 Å². The number of carbonyl (C=O) groups excluding carboxylic acids is 1. The number of rotatable bonds is 6. The van der Waals surface area contributed by atoms with Gasteiger partial charge in [-0.3, -0.25) is 9.69 Å². The Morgan fingerprint density at radius 1 is 0.933 bits per heavy atom. The number of nitrogens with one attached hydrogen (secondary N) is 1. The average Bonchev–Trinajstić information content (AvgIpc) is 3.53. The van der Waals surface area contributed by atoms with E-state index in [4.69, 9.17) is 23.2 Å². The molecule has 1 heterocycles. The van der Waals surface area contributed by atoms with Crippen LogP contribution in [-0.2, 0) is 14.8 Å². The molecule has 9 heteroatoms. The van der Waals surface area contributed by atoms with E-state index in [0.29, 0.717) is 13.1 Å². The molecule has 160 valence electrons. The second-order valence-corrected chi connectivity index (χ2v) is 10.3. The first-order valence-corrected chi connectivity index (χ1v) is 12.1. The molecule has 6 nitrogen and oxygen atoms in total. The van der Waals surface area contributed by atoms with Crippen LogP contribution in [0, 0.1) is 0 Å². The lowest BCUT2D eigenvalue weighted by Gasteiger charge is -2.38. The molecule has 1 saturated heterocycles. The third-order valence-corrected chi connectivity index (χ3v) is 8.30. The molecular formula is C21H23Cl2N3O3S. The lowest BCUT2D eigenvalue weighted by molar-refractivity contribution is -0.127. The first-order chi connectivity index (χ1) is 14.4. The highest BCUT2D eigenvalue weighted by molar-refractivity contribution is 7.89. The first kappa shape index (κ1) is 21.6. The maximum Gasteiger partial charge on any atom is 0.246 e. The second-order valence-electron chi connectivity index (χ2n) is 7.59. The molecule has 2 aromatic rings. The fourth-order valence-electron chi connectivity index (χ4n) is 3.73. The minimum atomic E-state index is -3.82. The quantitative estimate of drug-likeness (QED) is 0.707. The monoisotopic (exact) mass is 467 g/mol. The summed E-state index contributed by atoms with van der Waals surface area (Å²) in [5, 5.41) is 3.30. The summed E-state index contributed by atoms with van der Waals surface area (Å²) >= 11 is 12.3. The number of piperazine rings is 1. The number of hydrogen-bond donors (Lipinski definition) is 1. The van der Waals surface area contributed by atoms with Crippen LogP contribution >= 0.6 is 23.2 Å². The van der Waals surface area contributed by atoms with Gasteiger partial charge in [0.1, 0.15) is 10.9 Å². The van der Waals surface area contributed by atoms with Gasteiger partial charge in [-0.05, 0) is 30.5 Å². The molecule has 2 aliphatic rings. The van der Waals surface area contributed by atoms with Gasteiger partial charge < -0.3 is 5.32 Å². The zero-order valence-corrected chi connectivity index (χ0v) is 18.6. The van der Waals surface area contributed by atoms with Crippen molar-refractivity contribution in [1.82, 2.24) is 14.5 Å². The lowest BCUT2D eigenvalue weighted by atomic mass is 10.0. The predicted molar refractivity (Wildman–Crippen MR) is 117 cm³/mol. The highest BCUT2D eigenvalue weighted by Gasteiger charge is 2.37. The van der Waals surface area contributed by atoms with Gasteiger partial charge in [0.05, 0.1) is 10.0 Å². The summed E-state index contributed by atoms with van der Waals surface area (Å²) in [5.74, 6) is -0.0332. The van der Waals surface area contributed by atoms with Gasteiger partial charge in [0.25, 0.3) is 0 Å². The zero-order valence-electron chi connectivity index (χ0n) is 16.3. The van der Waals surface area contributed by atoms with Crippen molar-refractivity contribution in [3.63, 3.8) is 0 Å². The summed E-state index contributed by atoms with van der Waals surface area (Å²) in [6.07, 6.45) is 2.02. The molecule has 0 unspecified atom stereocenters. The first-order valence-electron chi connectivity index (χ1n) is 9.91. The Labute approximate surface area is 186 Å². The molecule has 1 N–H and O–H groups in total. The number of amides is 1. The summed E-state index contributed by atoms with van der Waals surface area (Å²) in [4.78, 5) is 14.9. The minimum Gasteiger partial charge on any atom is -0.352 e. The molecule has 0 bridgehead atoms. The predicted octanol–water partition coefficient (Wildman–Crippen LogP) is 3.32. The van der Waals surface area contributed by atoms with Crippen molar-refractivity contribution < 1.29 is 13.2 Å².